The van der Waals surface area contributed by atoms with E-state index in [1.807, 2.05) is 6.92 Å². The molecule has 1 aromatic heterocycles. The summed E-state index contributed by atoms with van der Waals surface area (Å²) in [5, 5.41) is 15.6. The highest BCUT2D eigenvalue weighted by atomic mass is 35.5. The third-order valence-corrected chi connectivity index (χ3v) is 3.93. The molecule has 1 aliphatic rings. The molecular formula is C11H19ClN4OS. The highest BCUT2D eigenvalue weighted by Crippen LogP contribution is 2.19. The van der Waals surface area contributed by atoms with E-state index in [-0.39, 0.29) is 18.3 Å². The van der Waals surface area contributed by atoms with Crippen molar-refractivity contribution >= 4 is 34.8 Å². The Labute approximate surface area is 117 Å². The third-order valence-electron chi connectivity index (χ3n) is 2.95. The van der Waals surface area contributed by atoms with Gasteiger partial charge in [-0.25, -0.2) is 0 Å². The van der Waals surface area contributed by atoms with E-state index in [1.165, 1.54) is 11.3 Å². The molecule has 1 aromatic rings. The normalized spacial score (nSPS) is 16.1. The smallest absolute Gasteiger partial charge is 0.226 e. The van der Waals surface area contributed by atoms with Crippen LogP contribution >= 0.6 is 23.7 Å². The molecule has 0 atom stereocenters. The lowest BCUT2D eigenvalue weighted by molar-refractivity contribution is -0.117. The number of carbonyl (C=O) groups is 1. The second kappa shape index (κ2) is 7.66. The van der Waals surface area contributed by atoms with Gasteiger partial charge >= 0.3 is 0 Å². The number of aryl methyl sites for hydroxylation is 1. The summed E-state index contributed by atoms with van der Waals surface area (Å²) in [6.07, 6.45) is 3.64. The first kappa shape index (κ1) is 15.3. The van der Waals surface area contributed by atoms with Gasteiger partial charge in [-0.3, -0.25) is 4.79 Å². The molecule has 0 aromatic carbocycles. The zero-order valence-electron chi connectivity index (χ0n) is 10.4. The maximum Gasteiger partial charge on any atom is 0.226 e. The largest absolute Gasteiger partial charge is 0.317 e. The molecule has 1 fully saturated rings. The molecule has 0 unspecified atom stereocenters. The predicted molar refractivity (Wildman–Crippen MR) is 75.4 cm³/mol. The molecule has 0 aliphatic carbocycles. The highest BCUT2D eigenvalue weighted by Gasteiger charge is 2.17. The number of hydrogen-bond donors (Lipinski definition) is 2. The monoisotopic (exact) mass is 290 g/mol. The lowest BCUT2D eigenvalue weighted by Crippen LogP contribution is -2.30. The van der Waals surface area contributed by atoms with Gasteiger partial charge in [0, 0.05) is 6.42 Å². The van der Waals surface area contributed by atoms with Crippen molar-refractivity contribution in [2.75, 3.05) is 18.4 Å². The summed E-state index contributed by atoms with van der Waals surface area (Å²) >= 11 is 1.46. The SMILES string of the molecule is CCc1nnc(NC(=O)CC2CCNCC2)s1.Cl. The van der Waals surface area contributed by atoms with E-state index in [2.05, 4.69) is 20.8 Å². The minimum Gasteiger partial charge on any atom is -0.317 e. The molecule has 0 spiro atoms. The summed E-state index contributed by atoms with van der Waals surface area (Å²) in [6.45, 7) is 4.08. The minimum absolute atomic E-state index is 0. The fraction of sp³-hybridized carbons (Fsp3) is 0.727. The van der Waals surface area contributed by atoms with E-state index in [4.69, 9.17) is 0 Å². The summed E-state index contributed by atoms with van der Waals surface area (Å²) in [6, 6.07) is 0. The Bertz CT molecular complexity index is 379. The summed E-state index contributed by atoms with van der Waals surface area (Å²) in [5.41, 5.74) is 0. The van der Waals surface area contributed by atoms with E-state index in [1.54, 1.807) is 0 Å². The maximum atomic E-state index is 11.8. The number of nitrogens with one attached hydrogen (secondary N) is 2. The van der Waals surface area contributed by atoms with Crippen molar-refractivity contribution in [3.63, 3.8) is 0 Å². The van der Waals surface area contributed by atoms with Crippen LogP contribution in [-0.4, -0.2) is 29.2 Å². The van der Waals surface area contributed by atoms with E-state index in [9.17, 15) is 4.79 Å². The molecule has 1 saturated heterocycles. The number of hydrogen-bond acceptors (Lipinski definition) is 5. The number of rotatable bonds is 4. The van der Waals surface area contributed by atoms with E-state index in [0.717, 1.165) is 37.4 Å². The first-order chi connectivity index (χ1) is 8.28. The van der Waals surface area contributed by atoms with Crippen LogP contribution < -0.4 is 10.6 Å². The lowest BCUT2D eigenvalue weighted by atomic mass is 9.94. The van der Waals surface area contributed by atoms with Crippen LogP contribution in [-0.2, 0) is 11.2 Å². The summed E-state index contributed by atoms with van der Waals surface area (Å²) < 4.78 is 0. The Morgan fingerprint density at radius 1 is 1.44 bits per heavy atom. The topological polar surface area (TPSA) is 66.9 Å². The van der Waals surface area contributed by atoms with Crippen molar-refractivity contribution in [2.24, 2.45) is 5.92 Å². The third kappa shape index (κ3) is 4.51. The Morgan fingerprint density at radius 2 is 2.17 bits per heavy atom. The minimum atomic E-state index is 0. The van der Waals surface area contributed by atoms with Crippen LogP contribution in [0.25, 0.3) is 0 Å². The lowest BCUT2D eigenvalue weighted by Gasteiger charge is -2.21. The van der Waals surface area contributed by atoms with Crippen LogP contribution in [0, 0.1) is 5.92 Å². The van der Waals surface area contributed by atoms with Crippen LogP contribution in [0.1, 0.15) is 31.2 Å². The van der Waals surface area contributed by atoms with Gasteiger partial charge in [-0.2, -0.15) is 0 Å². The van der Waals surface area contributed by atoms with Gasteiger partial charge in [0.2, 0.25) is 11.0 Å². The molecule has 2 heterocycles. The van der Waals surface area contributed by atoms with Crippen molar-refractivity contribution in [3.8, 4) is 0 Å². The van der Waals surface area contributed by atoms with Crippen molar-refractivity contribution in [1.29, 1.82) is 0 Å². The van der Waals surface area contributed by atoms with E-state index in [0.29, 0.717) is 17.5 Å². The Morgan fingerprint density at radius 3 is 2.78 bits per heavy atom. The first-order valence-electron chi connectivity index (χ1n) is 6.11. The average Bonchev–Trinajstić information content (AvgIpc) is 2.78. The molecule has 0 radical (unpaired) electrons. The molecule has 2 rings (SSSR count). The summed E-state index contributed by atoms with van der Waals surface area (Å²) in [7, 11) is 0. The first-order valence-corrected chi connectivity index (χ1v) is 6.92. The molecule has 0 bridgehead atoms. The number of nitrogens with zero attached hydrogens (tertiary/aromatic N) is 2. The van der Waals surface area contributed by atoms with Gasteiger partial charge in [0.05, 0.1) is 0 Å². The summed E-state index contributed by atoms with van der Waals surface area (Å²) in [5.74, 6) is 0.575. The molecule has 102 valence electrons. The van der Waals surface area contributed by atoms with Gasteiger partial charge < -0.3 is 10.6 Å². The molecule has 1 aliphatic heterocycles. The number of anilines is 1. The van der Waals surface area contributed by atoms with Gasteiger partial charge in [0.25, 0.3) is 0 Å². The van der Waals surface area contributed by atoms with Gasteiger partial charge in [-0.1, -0.05) is 18.3 Å². The second-order valence-electron chi connectivity index (χ2n) is 4.30. The second-order valence-corrected chi connectivity index (χ2v) is 5.36. The highest BCUT2D eigenvalue weighted by molar-refractivity contribution is 7.15. The van der Waals surface area contributed by atoms with E-state index >= 15 is 0 Å². The number of piperidine rings is 1. The Kier molecular flexibility index (Phi) is 6.52. The van der Waals surface area contributed by atoms with Gasteiger partial charge in [-0.15, -0.1) is 22.6 Å². The molecule has 0 saturated carbocycles. The van der Waals surface area contributed by atoms with Crippen molar-refractivity contribution in [2.45, 2.75) is 32.6 Å². The van der Waals surface area contributed by atoms with Crippen LogP contribution in [0.2, 0.25) is 0 Å². The van der Waals surface area contributed by atoms with Crippen molar-refractivity contribution in [1.82, 2.24) is 15.5 Å². The molecule has 7 heteroatoms. The number of amides is 1. The number of carbonyl (C=O) groups excluding carboxylic acids is 1. The van der Waals surface area contributed by atoms with Gasteiger partial charge in [0.15, 0.2) is 0 Å². The molecule has 18 heavy (non-hydrogen) atoms. The fourth-order valence-corrected chi connectivity index (χ4v) is 2.66. The predicted octanol–water partition coefficient (Wildman–Crippen LogP) is 1.85. The Hall–Kier alpha value is -0.720. The van der Waals surface area contributed by atoms with Gasteiger partial charge in [0.1, 0.15) is 5.01 Å². The van der Waals surface area contributed by atoms with Crippen molar-refractivity contribution < 1.29 is 4.79 Å². The number of aromatic nitrogens is 2. The van der Waals surface area contributed by atoms with Crippen LogP contribution in [0.5, 0.6) is 0 Å². The van der Waals surface area contributed by atoms with E-state index < -0.39 is 0 Å². The standard InChI is InChI=1S/C11H18N4OS.ClH/c1-2-10-14-15-11(17-10)13-9(16)7-8-3-5-12-6-4-8;/h8,12H,2-7H2,1H3,(H,13,15,16);1H. The fourth-order valence-electron chi connectivity index (χ4n) is 1.97. The summed E-state index contributed by atoms with van der Waals surface area (Å²) in [4.78, 5) is 11.8. The number of halogens is 1. The zero-order chi connectivity index (χ0) is 12.1. The van der Waals surface area contributed by atoms with Gasteiger partial charge in [-0.05, 0) is 38.3 Å². The quantitative estimate of drug-likeness (QED) is 0.888. The molecule has 1 amide bonds. The van der Waals surface area contributed by atoms with Crippen molar-refractivity contribution in [3.05, 3.63) is 5.01 Å². The molecule has 2 N–H and O–H groups in total. The average molecular weight is 291 g/mol. The van der Waals surface area contributed by atoms with Crippen LogP contribution in [0.15, 0.2) is 0 Å². The zero-order valence-corrected chi connectivity index (χ0v) is 12.1. The Balaban J connectivity index is 0.00000162. The molecule has 5 nitrogen and oxygen atoms in total. The molecular weight excluding hydrogens is 272 g/mol. The van der Waals surface area contributed by atoms with Crippen LogP contribution in [0.4, 0.5) is 5.13 Å². The maximum absolute atomic E-state index is 11.8. The van der Waals surface area contributed by atoms with Crippen LogP contribution in [0.3, 0.4) is 0 Å².